The number of carboxylic acid groups (broad SMARTS) is 1. The van der Waals surface area contributed by atoms with E-state index in [-0.39, 0.29) is 0 Å². The Kier molecular flexibility index (Phi) is 2.47. The predicted octanol–water partition coefficient (Wildman–Crippen LogP) is -0.422. The molecule has 4 nitrogen and oxygen atoms in total. The summed E-state index contributed by atoms with van der Waals surface area (Å²) >= 11 is 0. The van der Waals surface area contributed by atoms with E-state index >= 15 is 0 Å². The van der Waals surface area contributed by atoms with Gasteiger partial charge in [-0.3, -0.25) is 4.68 Å². The molecule has 0 fully saturated rings. The second-order valence-electron chi connectivity index (χ2n) is 2.90. The first-order chi connectivity index (χ1) is 5.59. The van der Waals surface area contributed by atoms with Crippen molar-refractivity contribution in [3.8, 4) is 0 Å². The number of nitrogens with zero attached hydrogens (tertiary/aromatic N) is 2. The van der Waals surface area contributed by atoms with Gasteiger partial charge in [-0.2, -0.15) is 5.10 Å². The molecule has 0 radical (unpaired) electrons. The van der Waals surface area contributed by atoms with E-state index < -0.39 is 11.9 Å². The van der Waals surface area contributed by atoms with Gasteiger partial charge in [-0.1, -0.05) is 6.92 Å². The van der Waals surface area contributed by atoms with Gasteiger partial charge in [0.05, 0.1) is 5.69 Å². The van der Waals surface area contributed by atoms with Crippen LogP contribution in [0.15, 0.2) is 12.3 Å². The van der Waals surface area contributed by atoms with Gasteiger partial charge in [0.2, 0.25) is 0 Å². The predicted molar refractivity (Wildman–Crippen MR) is 41.1 cm³/mol. The van der Waals surface area contributed by atoms with Crippen molar-refractivity contribution in [2.45, 2.75) is 20.4 Å². The van der Waals surface area contributed by atoms with Gasteiger partial charge < -0.3 is 9.90 Å². The molecule has 0 aliphatic rings. The lowest BCUT2D eigenvalue weighted by Gasteiger charge is -2.11. The van der Waals surface area contributed by atoms with E-state index in [9.17, 15) is 9.90 Å². The number of aromatic nitrogens is 2. The average Bonchev–Trinajstić information content (AvgIpc) is 2.35. The monoisotopic (exact) mass is 167 g/mol. The van der Waals surface area contributed by atoms with Crippen LogP contribution in [0.2, 0.25) is 0 Å². The van der Waals surface area contributed by atoms with Gasteiger partial charge in [-0.15, -0.1) is 0 Å². The molecule has 66 valence electrons. The van der Waals surface area contributed by atoms with Crippen LogP contribution in [-0.2, 0) is 11.3 Å². The van der Waals surface area contributed by atoms with Crippen LogP contribution in [0.3, 0.4) is 0 Å². The summed E-state index contributed by atoms with van der Waals surface area (Å²) < 4.78 is 1.61. The highest BCUT2D eigenvalue weighted by atomic mass is 16.4. The molecule has 1 aromatic heterocycles. The van der Waals surface area contributed by atoms with Gasteiger partial charge in [0.15, 0.2) is 0 Å². The first-order valence-electron chi connectivity index (χ1n) is 3.80. The Morgan fingerprint density at radius 2 is 2.50 bits per heavy atom. The van der Waals surface area contributed by atoms with Crippen molar-refractivity contribution >= 4 is 5.97 Å². The van der Waals surface area contributed by atoms with Crippen LogP contribution in [0.1, 0.15) is 12.6 Å². The van der Waals surface area contributed by atoms with E-state index in [0.29, 0.717) is 6.54 Å². The van der Waals surface area contributed by atoms with Crippen LogP contribution in [-0.4, -0.2) is 15.7 Å². The topological polar surface area (TPSA) is 58.0 Å². The lowest BCUT2D eigenvalue weighted by atomic mass is 10.2. The molecule has 0 spiro atoms. The summed E-state index contributed by atoms with van der Waals surface area (Å²) in [5.41, 5.74) is 0.889. The fraction of sp³-hybridized carbons (Fsp3) is 0.500. The Bertz CT molecular complexity index is 280. The van der Waals surface area contributed by atoms with E-state index in [1.165, 1.54) is 0 Å². The Labute approximate surface area is 70.8 Å². The SMILES string of the molecule is Cc1ccn(C[C@H](C)C(=O)[O-])n1. The average molecular weight is 167 g/mol. The molecule has 0 aromatic carbocycles. The van der Waals surface area contributed by atoms with Crippen LogP contribution in [0, 0.1) is 12.8 Å². The first-order valence-corrected chi connectivity index (χ1v) is 3.80. The summed E-state index contributed by atoms with van der Waals surface area (Å²) in [6, 6.07) is 1.84. The molecule has 0 aliphatic heterocycles. The molecule has 1 heterocycles. The third-order valence-corrected chi connectivity index (χ3v) is 1.64. The Hall–Kier alpha value is -1.32. The molecule has 4 heteroatoms. The van der Waals surface area contributed by atoms with Crippen LogP contribution in [0.25, 0.3) is 0 Å². The summed E-state index contributed by atoms with van der Waals surface area (Å²) in [6.07, 6.45) is 1.76. The number of carboxylic acids is 1. The van der Waals surface area contributed by atoms with Crippen LogP contribution < -0.4 is 5.11 Å². The normalized spacial score (nSPS) is 12.8. The van der Waals surface area contributed by atoms with Gasteiger partial charge in [0.1, 0.15) is 0 Å². The number of rotatable bonds is 3. The molecule has 12 heavy (non-hydrogen) atoms. The second-order valence-corrected chi connectivity index (χ2v) is 2.90. The summed E-state index contributed by atoms with van der Waals surface area (Å²) in [7, 11) is 0. The standard InChI is InChI=1S/C8H12N2O2/c1-6(8(11)12)5-10-4-3-7(2)9-10/h3-4,6H,5H2,1-2H3,(H,11,12)/p-1/t6-/m0/s1. The minimum Gasteiger partial charge on any atom is -0.550 e. The minimum absolute atomic E-state index is 0.371. The van der Waals surface area contributed by atoms with Crippen LogP contribution >= 0.6 is 0 Å². The van der Waals surface area contributed by atoms with E-state index in [4.69, 9.17) is 0 Å². The maximum absolute atomic E-state index is 10.4. The van der Waals surface area contributed by atoms with Crippen molar-refractivity contribution < 1.29 is 9.90 Å². The first kappa shape index (κ1) is 8.77. The molecule has 0 amide bonds. The molecule has 0 unspecified atom stereocenters. The minimum atomic E-state index is -1.04. The smallest absolute Gasteiger partial charge is 0.0593 e. The molecule has 1 rings (SSSR count). The summed E-state index contributed by atoms with van der Waals surface area (Å²) in [6.45, 7) is 3.84. The zero-order valence-corrected chi connectivity index (χ0v) is 7.15. The van der Waals surface area contributed by atoms with Gasteiger partial charge in [-0.25, -0.2) is 0 Å². The fourth-order valence-corrected chi connectivity index (χ4v) is 0.920. The molecular weight excluding hydrogens is 156 g/mol. The molecule has 1 aromatic rings. The summed E-state index contributed by atoms with van der Waals surface area (Å²) in [5, 5.41) is 14.4. The van der Waals surface area contributed by atoms with Crippen LogP contribution in [0.5, 0.6) is 0 Å². The van der Waals surface area contributed by atoms with Gasteiger partial charge >= 0.3 is 0 Å². The van der Waals surface area contributed by atoms with Gasteiger partial charge in [0, 0.05) is 24.6 Å². The Morgan fingerprint density at radius 3 is 2.92 bits per heavy atom. The molecule has 0 aliphatic carbocycles. The number of hydrogen-bond acceptors (Lipinski definition) is 3. The fourth-order valence-electron chi connectivity index (χ4n) is 0.920. The van der Waals surface area contributed by atoms with Crippen molar-refractivity contribution in [1.29, 1.82) is 0 Å². The largest absolute Gasteiger partial charge is 0.550 e. The second kappa shape index (κ2) is 3.38. The van der Waals surface area contributed by atoms with Gasteiger partial charge in [-0.05, 0) is 13.0 Å². The lowest BCUT2D eigenvalue weighted by molar-refractivity contribution is -0.311. The van der Waals surface area contributed by atoms with Crippen molar-refractivity contribution in [2.75, 3.05) is 0 Å². The van der Waals surface area contributed by atoms with Crippen molar-refractivity contribution in [1.82, 2.24) is 9.78 Å². The van der Waals surface area contributed by atoms with Crippen LogP contribution in [0.4, 0.5) is 0 Å². The number of carbonyl (C=O) groups excluding carboxylic acids is 1. The number of aryl methyl sites for hydroxylation is 1. The van der Waals surface area contributed by atoms with E-state index in [1.54, 1.807) is 17.8 Å². The third-order valence-electron chi connectivity index (χ3n) is 1.64. The van der Waals surface area contributed by atoms with Crippen molar-refractivity contribution in [2.24, 2.45) is 5.92 Å². The Morgan fingerprint density at radius 1 is 1.83 bits per heavy atom. The highest BCUT2D eigenvalue weighted by Gasteiger charge is 2.03. The zero-order valence-electron chi connectivity index (χ0n) is 7.15. The van der Waals surface area contributed by atoms with E-state index in [2.05, 4.69) is 5.10 Å². The maximum Gasteiger partial charge on any atom is 0.0593 e. The Balaban J connectivity index is 2.58. The molecule has 0 saturated carbocycles. The van der Waals surface area contributed by atoms with Gasteiger partial charge in [0.25, 0.3) is 0 Å². The maximum atomic E-state index is 10.4. The number of aliphatic carboxylic acids is 1. The van der Waals surface area contributed by atoms with E-state index in [1.807, 2.05) is 13.0 Å². The molecule has 0 N–H and O–H groups in total. The summed E-state index contributed by atoms with van der Waals surface area (Å²) in [5.74, 6) is -1.53. The molecule has 0 bridgehead atoms. The highest BCUT2D eigenvalue weighted by molar-refractivity contribution is 5.66. The van der Waals surface area contributed by atoms with Crippen molar-refractivity contribution in [3.63, 3.8) is 0 Å². The molecule has 1 atom stereocenters. The zero-order chi connectivity index (χ0) is 9.14. The summed E-state index contributed by atoms with van der Waals surface area (Å²) in [4.78, 5) is 10.4. The number of carbonyl (C=O) groups is 1. The molecular formula is C8H11N2O2-. The third kappa shape index (κ3) is 2.08. The van der Waals surface area contributed by atoms with E-state index in [0.717, 1.165) is 5.69 Å². The quantitative estimate of drug-likeness (QED) is 0.614. The lowest BCUT2D eigenvalue weighted by Crippen LogP contribution is -2.32. The highest BCUT2D eigenvalue weighted by Crippen LogP contribution is 1.99. The number of hydrogen-bond donors (Lipinski definition) is 0. The van der Waals surface area contributed by atoms with Crippen molar-refractivity contribution in [3.05, 3.63) is 18.0 Å². The molecule has 0 saturated heterocycles.